The molecular formula is C10H23NO2S. The molecule has 0 spiro atoms. The number of aliphatic hydroxyl groups excluding tert-OH is 1. The summed E-state index contributed by atoms with van der Waals surface area (Å²) in [4.78, 5) is 0. The van der Waals surface area contributed by atoms with Gasteiger partial charge in [-0.3, -0.25) is 4.21 Å². The van der Waals surface area contributed by atoms with E-state index in [2.05, 4.69) is 12.2 Å². The number of rotatable bonds is 7. The van der Waals surface area contributed by atoms with Crippen molar-refractivity contribution in [2.45, 2.75) is 33.2 Å². The van der Waals surface area contributed by atoms with Gasteiger partial charge in [-0.15, -0.1) is 0 Å². The zero-order valence-corrected chi connectivity index (χ0v) is 10.5. The summed E-state index contributed by atoms with van der Waals surface area (Å²) in [5.41, 5.74) is -0.0698. The minimum Gasteiger partial charge on any atom is -0.396 e. The molecule has 0 saturated carbocycles. The quantitative estimate of drug-likeness (QED) is 0.667. The highest BCUT2D eigenvalue weighted by molar-refractivity contribution is 7.84. The summed E-state index contributed by atoms with van der Waals surface area (Å²) in [6, 6.07) is 0.365. The molecule has 0 aliphatic rings. The SMILES string of the molecule is CC(CCS(C)=O)NCC(C)(C)CO. The van der Waals surface area contributed by atoms with Crippen LogP contribution in [0.4, 0.5) is 0 Å². The minimum absolute atomic E-state index is 0.0698. The number of hydrogen-bond donors (Lipinski definition) is 2. The first-order valence-electron chi connectivity index (χ1n) is 5.01. The van der Waals surface area contributed by atoms with Crippen molar-refractivity contribution >= 4 is 10.8 Å². The summed E-state index contributed by atoms with van der Waals surface area (Å²) in [7, 11) is -0.702. The standard InChI is InChI=1S/C10H23NO2S/c1-9(5-6-14(4)13)11-7-10(2,3)8-12/h9,11-12H,5-8H2,1-4H3. The Labute approximate surface area is 89.7 Å². The molecule has 3 nitrogen and oxygen atoms in total. The third-order valence-electron chi connectivity index (χ3n) is 2.20. The van der Waals surface area contributed by atoms with Crippen LogP contribution in [-0.4, -0.2) is 40.5 Å². The van der Waals surface area contributed by atoms with E-state index in [1.807, 2.05) is 13.8 Å². The van der Waals surface area contributed by atoms with Gasteiger partial charge in [0.05, 0.1) is 0 Å². The normalized spacial score (nSPS) is 16.6. The van der Waals surface area contributed by atoms with Gasteiger partial charge in [0, 0.05) is 47.4 Å². The van der Waals surface area contributed by atoms with Crippen LogP contribution >= 0.6 is 0 Å². The summed E-state index contributed by atoms with van der Waals surface area (Å²) in [5, 5.41) is 12.4. The Morgan fingerprint density at radius 1 is 1.50 bits per heavy atom. The van der Waals surface area contributed by atoms with Gasteiger partial charge in [-0.25, -0.2) is 0 Å². The molecule has 0 aliphatic carbocycles. The molecule has 0 fully saturated rings. The predicted octanol–water partition coefficient (Wildman–Crippen LogP) is 0.752. The second kappa shape index (κ2) is 6.53. The molecule has 0 bridgehead atoms. The van der Waals surface area contributed by atoms with E-state index in [1.54, 1.807) is 6.26 Å². The monoisotopic (exact) mass is 221 g/mol. The summed E-state index contributed by atoms with van der Waals surface area (Å²) in [6.45, 7) is 7.10. The highest BCUT2D eigenvalue weighted by Crippen LogP contribution is 2.11. The lowest BCUT2D eigenvalue weighted by Gasteiger charge is -2.24. The van der Waals surface area contributed by atoms with Crippen LogP contribution in [0.3, 0.4) is 0 Å². The molecule has 14 heavy (non-hydrogen) atoms. The minimum atomic E-state index is -0.702. The average molecular weight is 221 g/mol. The number of hydrogen-bond acceptors (Lipinski definition) is 3. The van der Waals surface area contributed by atoms with Gasteiger partial charge in [0.2, 0.25) is 0 Å². The van der Waals surface area contributed by atoms with Crippen LogP contribution in [0.1, 0.15) is 27.2 Å². The lowest BCUT2D eigenvalue weighted by Crippen LogP contribution is -2.37. The van der Waals surface area contributed by atoms with E-state index in [0.29, 0.717) is 6.04 Å². The van der Waals surface area contributed by atoms with Crippen molar-refractivity contribution in [3.8, 4) is 0 Å². The Bertz CT molecular complexity index is 183. The molecule has 0 heterocycles. The second-order valence-electron chi connectivity index (χ2n) is 4.67. The molecule has 0 amide bonds. The fourth-order valence-corrected chi connectivity index (χ4v) is 1.64. The molecule has 0 aromatic carbocycles. The highest BCUT2D eigenvalue weighted by atomic mass is 32.2. The smallest absolute Gasteiger partial charge is 0.0494 e. The van der Waals surface area contributed by atoms with Crippen molar-refractivity contribution in [3.05, 3.63) is 0 Å². The fourth-order valence-electron chi connectivity index (χ4n) is 0.951. The van der Waals surface area contributed by atoms with Gasteiger partial charge in [0.15, 0.2) is 0 Å². The van der Waals surface area contributed by atoms with Crippen molar-refractivity contribution in [1.29, 1.82) is 0 Å². The molecule has 2 unspecified atom stereocenters. The van der Waals surface area contributed by atoms with Crippen LogP contribution in [0.2, 0.25) is 0 Å². The first kappa shape index (κ1) is 14.1. The molecule has 0 aromatic heterocycles. The van der Waals surface area contributed by atoms with Gasteiger partial charge >= 0.3 is 0 Å². The van der Waals surface area contributed by atoms with Gasteiger partial charge in [-0.05, 0) is 13.3 Å². The maximum absolute atomic E-state index is 10.8. The topological polar surface area (TPSA) is 49.3 Å². The fraction of sp³-hybridized carbons (Fsp3) is 1.00. The van der Waals surface area contributed by atoms with E-state index in [9.17, 15) is 4.21 Å². The lowest BCUT2D eigenvalue weighted by atomic mass is 9.94. The Morgan fingerprint density at radius 3 is 2.50 bits per heavy atom. The van der Waals surface area contributed by atoms with Crippen molar-refractivity contribution in [2.75, 3.05) is 25.2 Å². The molecule has 0 aromatic rings. The third kappa shape index (κ3) is 7.47. The lowest BCUT2D eigenvalue weighted by molar-refractivity contribution is 0.153. The van der Waals surface area contributed by atoms with Gasteiger partial charge in [0.25, 0.3) is 0 Å². The molecule has 0 aliphatic heterocycles. The van der Waals surface area contributed by atoms with Crippen LogP contribution in [0.5, 0.6) is 0 Å². The molecule has 0 saturated heterocycles. The van der Waals surface area contributed by atoms with Crippen LogP contribution in [0.15, 0.2) is 0 Å². The predicted molar refractivity (Wildman–Crippen MR) is 61.9 cm³/mol. The van der Waals surface area contributed by atoms with Crippen molar-refractivity contribution < 1.29 is 9.32 Å². The zero-order valence-electron chi connectivity index (χ0n) is 9.67. The molecule has 4 heteroatoms. The summed E-state index contributed by atoms with van der Waals surface area (Å²) < 4.78 is 10.8. The molecular weight excluding hydrogens is 198 g/mol. The van der Waals surface area contributed by atoms with E-state index < -0.39 is 10.8 Å². The van der Waals surface area contributed by atoms with E-state index in [0.717, 1.165) is 18.7 Å². The van der Waals surface area contributed by atoms with Gasteiger partial charge in [-0.1, -0.05) is 13.8 Å². The molecule has 0 rings (SSSR count). The van der Waals surface area contributed by atoms with Crippen molar-refractivity contribution in [1.82, 2.24) is 5.32 Å². The molecule has 2 atom stereocenters. The summed E-state index contributed by atoms with van der Waals surface area (Å²) in [6.07, 6.45) is 2.65. The number of aliphatic hydroxyl groups is 1. The summed E-state index contributed by atoms with van der Waals surface area (Å²) in [5.74, 6) is 0.744. The first-order chi connectivity index (χ1) is 6.37. The van der Waals surface area contributed by atoms with E-state index >= 15 is 0 Å². The Morgan fingerprint density at radius 2 is 2.07 bits per heavy atom. The van der Waals surface area contributed by atoms with E-state index in [1.165, 1.54) is 0 Å². The largest absolute Gasteiger partial charge is 0.396 e. The van der Waals surface area contributed by atoms with Crippen molar-refractivity contribution in [2.24, 2.45) is 5.41 Å². The Kier molecular flexibility index (Phi) is 6.57. The Hall–Kier alpha value is 0.0700. The van der Waals surface area contributed by atoms with Gasteiger partial charge in [-0.2, -0.15) is 0 Å². The van der Waals surface area contributed by atoms with Crippen molar-refractivity contribution in [3.63, 3.8) is 0 Å². The summed E-state index contributed by atoms with van der Waals surface area (Å²) >= 11 is 0. The van der Waals surface area contributed by atoms with Crippen LogP contribution in [0.25, 0.3) is 0 Å². The molecule has 0 radical (unpaired) electrons. The van der Waals surface area contributed by atoms with Gasteiger partial charge < -0.3 is 10.4 Å². The second-order valence-corrected chi connectivity index (χ2v) is 6.22. The molecule has 86 valence electrons. The van der Waals surface area contributed by atoms with Crippen LogP contribution < -0.4 is 5.32 Å². The average Bonchev–Trinajstić information content (AvgIpc) is 2.11. The number of nitrogens with one attached hydrogen (secondary N) is 1. The highest BCUT2D eigenvalue weighted by Gasteiger charge is 2.16. The first-order valence-corrected chi connectivity index (χ1v) is 6.74. The van der Waals surface area contributed by atoms with E-state index in [4.69, 9.17) is 5.11 Å². The van der Waals surface area contributed by atoms with Gasteiger partial charge in [0.1, 0.15) is 0 Å². The van der Waals surface area contributed by atoms with Crippen LogP contribution in [0, 0.1) is 5.41 Å². The maximum atomic E-state index is 10.8. The van der Waals surface area contributed by atoms with E-state index in [-0.39, 0.29) is 12.0 Å². The zero-order chi connectivity index (χ0) is 11.2. The molecule has 2 N–H and O–H groups in total. The third-order valence-corrected chi connectivity index (χ3v) is 3.01. The van der Waals surface area contributed by atoms with Crippen LogP contribution in [-0.2, 0) is 10.8 Å². The Balaban J connectivity index is 3.63. The maximum Gasteiger partial charge on any atom is 0.0494 e.